The van der Waals surface area contributed by atoms with Crippen LogP contribution in [0.4, 0.5) is 17.2 Å². The highest BCUT2D eigenvalue weighted by Gasteiger charge is 2.27. The molecule has 0 aliphatic carbocycles. The van der Waals surface area contributed by atoms with Crippen molar-refractivity contribution >= 4 is 23.1 Å². The average Bonchev–Trinajstić information content (AvgIpc) is 3.04. The van der Waals surface area contributed by atoms with Crippen LogP contribution in [0.15, 0.2) is 60.9 Å². The Morgan fingerprint density at radius 1 is 1.19 bits per heavy atom. The van der Waals surface area contributed by atoms with Crippen LogP contribution in [0.3, 0.4) is 0 Å². The molecule has 1 amide bonds. The third-order valence-electron chi connectivity index (χ3n) is 4.57. The van der Waals surface area contributed by atoms with Crippen LogP contribution in [0, 0.1) is 11.3 Å². The van der Waals surface area contributed by atoms with E-state index in [4.69, 9.17) is 5.26 Å². The van der Waals surface area contributed by atoms with Gasteiger partial charge >= 0.3 is 0 Å². The topological polar surface area (TPSA) is 81.9 Å². The lowest BCUT2D eigenvalue weighted by atomic mass is 10.1. The van der Waals surface area contributed by atoms with Gasteiger partial charge in [-0.2, -0.15) is 5.26 Å². The van der Waals surface area contributed by atoms with Gasteiger partial charge in [-0.05, 0) is 43.2 Å². The number of aromatic nitrogens is 2. The summed E-state index contributed by atoms with van der Waals surface area (Å²) >= 11 is 0. The van der Waals surface area contributed by atoms with Crippen LogP contribution in [0.25, 0.3) is 0 Å². The number of amides is 1. The van der Waals surface area contributed by atoms with Gasteiger partial charge in [-0.1, -0.05) is 24.3 Å². The Bertz CT molecular complexity index is 1040. The third kappa shape index (κ3) is 3.23. The standard InChI is InChI=1S/C21H17N5O/c1-14-9-16-6-2-3-8-19(16)26(14)20-13-23-18(12-24-20)21(27)25-17-7-4-5-15(10-17)11-22/h2-8,10,12-14H,9H2,1H3,(H,25,27). The fourth-order valence-electron chi connectivity index (χ4n) is 3.34. The number of benzene rings is 2. The van der Waals surface area contributed by atoms with Gasteiger partial charge in [-0.3, -0.25) is 4.79 Å². The highest BCUT2D eigenvalue weighted by Crippen LogP contribution is 2.36. The quantitative estimate of drug-likeness (QED) is 0.775. The Morgan fingerprint density at radius 2 is 2.04 bits per heavy atom. The molecule has 0 spiro atoms. The van der Waals surface area contributed by atoms with E-state index in [2.05, 4.69) is 39.2 Å². The molecule has 0 bridgehead atoms. The summed E-state index contributed by atoms with van der Waals surface area (Å²) in [6.07, 6.45) is 4.06. The van der Waals surface area contributed by atoms with Gasteiger partial charge in [0.1, 0.15) is 5.69 Å². The second-order valence-corrected chi connectivity index (χ2v) is 6.46. The summed E-state index contributed by atoms with van der Waals surface area (Å²) < 4.78 is 0. The molecule has 27 heavy (non-hydrogen) atoms. The van der Waals surface area contributed by atoms with Crippen molar-refractivity contribution in [2.45, 2.75) is 19.4 Å². The molecular formula is C21H17N5O. The number of rotatable bonds is 3. The third-order valence-corrected chi connectivity index (χ3v) is 4.57. The average molecular weight is 355 g/mol. The Kier molecular flexibility index (Phi) is 4.27. The molecule has 0 saturated carbocycles. The molecule has 1 aliphatic rings. The minimum atomic E-state index is -0.362. The molecule has 6 nitrogen and oxygen atoms in total. The zero-order chi connectivity index (χ0) is 18.8. The van der Waals surface area contributed by atoms with E-state index in [-0.39, 0.29) is 17.6 Å². The van der Waals surface area contributed by atoms with E-state index < -0.39 is 0 Å². The van der Waals surface area contributed by atoms with Crippen molar-refractivity contribution in [3.05, 3.63) is 77.7 Å². The number of nitrogens with one attached hydrogen (secondary N) is 1. The number of carbonyl (C=O) groups excluding carboxylic acids is 1. The summed E-state index contributed by atoms with van der Waals surface area (Å²) in [4.78, 5) is 23.3. The normalized spacial score (nSPS) is 15.1. The van der Waals surface area contributed by atoms with Gasteiger partial charge in [-0.15, -0.1) is 0 Å². The molecule has 6 heteroatoms. The number of hydrogen-bond donors (Lipinski definition) is 1. The molecule has 0 radical (unpaired) electrons. The van der Waals surface area contributed by atoms with Crippen LogP contribution in [0.5, 0.6) is 0 Å². The van der Waals surface area contributed by atoms with Gasteiger partial charge in [0.2, 0.25) is 0 Å². The first-order chi connectivity index (χ1) is 13.2. The zero-order valence-electron chi connectivity index (χ0n) is 14.8. The number of hydrogen-bond acceptors (Lipinski definition) is 5. The van der Waals surface area contributed by atoms with Crippen LogP contribution in [-0.2, 0) is 6.42 Å². The second-order valence-electron chi connectivity index (χ2n) is 6.46. The van der Waals surface area contributed by atoms with E-state index in [0.29, 0.717) is 11.3 Å². The van der Waals surface area contributed by atoms with Gasteiger partial charge in [-0.25, -0.2) is 9.97 Å². The van der Waals surface area contributed by atoms with Crippen LogP contribution >= 0.6 is 0 Å². The van der Waals surface area contributed by atoms with Gasteiger partial charge in [0.25, 0.3) is 5.91 Å². The maximum absolute atomic E-state index is 12.4. The predicted octanol–water partition coefficient (Wildman–Crippen LogP) is 3.68. The summed E-state index contributed by atoms with van der Waals surface area (Å²) in [5.41, 5.74) is 3.67. The van der Waals surface area contributed by atoms with Crippen LogP contribution in [0.1, 0.15) is 28.5 Å². The van der Waals surface area contributed by atoms with E-state index in [1.807, 2.05) is 18.2 Å². The van der Waals surface area contributed by atoms with Crippen molar-refractivity contribution in [1.29, 1.82) is 5.26 Å². The van der Waals surface area contributed by atoms with E-state index >= 15 is 0 Å². The lowest BCUT2D eigenvalue weighted by molar-refractivity contribution is 0.102. The molecule has 4 rings (SSSR count). The first-order valence-corrected chi connectivity index (χ1v) is 8.66. The molecule has 0 saturated heterocycles. The largest absolute Gasteiger partial charge is 0.322 e. The zero-order valence-corrected chi connectivity index (χ0v) is 14.8. The number of carbonyl (C=O) groups is 1. The molecular weight excluding hydrogens is 338 g/mol. The Morgan fingerprint density at radius 3 is 2.81 bits per heavy atom. The molecule has 1 unspecified atom stereocenters. The lowest BCUT2D eigenvalue weighted by Crippen LogP contribution is -2.25. The molecule has 3 aromatic rings. The van der Waals surface area contributed by atoms with Crippen molar-refractivity contribution in [3.8, 4) is 6.07 Å². The Labute approximate surface area is 157 Å². The monoisotopic (exact) mass is 355 g/mol. The van der Waals surface area contributed by atoms with E-state index in [1.165, 1.54) is 11.8 Å². The van der Waals surface area contributed by atoms with Gasteiger partial charge < -0.3 is 10.2 Å². The fraction of sp³-hybridized carbons (Fsp3) is 0.143. The van der Waals surface area contributed by atoms with Crippen molar-refractivity contribution < 1.29 is 4.79 Å². The number of anilines is 3. The summed E-state index contributed by atoms with van der Waals surface area (Å²) in [7, 11) is 0. The van der Waals surface area contributed by atoms with Crippen LogP contribution < -0.4 is 10.2 Å². The Balaban J connectivity index is 1.54. The molecule has 1 atom stereocenters. The summed E-state index contributed by atoms with van der Waals surface area (Å²) in [5, 5.41) is 11.7. The molecule has 1 aliphatic heterocycles. The maximum atomic E-state index is 12.4. The fourth-order valence-corrected chi connectivity index (χ4v) is 3.34. The van der Waals surface area contributed by atoms with E-state index in [0.717, 1.165) is 17.9 Å². The highest BCUT2D eigenvalue weighted by molar-refractivity contribution is 6.02. The van der Waals surface area contributed by atoms with Crippen LogP contribution in [0.2, 0.25) is 0 Å². The number of fused-ring (bicyclic) bond motifs is 1. The van der Waals surface area contributed by atoms with Crippen molar-refractivity contribution in [3.63, 3.8) is 0 Å². The number of nitrogens with zero attached hydrogens (tertiary/aromatic N) is 4. The smallest absolute Gasteiger partial charge is 0.275 e. The highest BCUT2D eigenvalue weighted by atomic mass is 16.1. The number of nitriles is 1. The summed E-state index contributed by atoms with van der Waals surface area (Å²) in [6, 6.07) is 17.3. The minimum Gasteiger partial charge on any atom is -0.322 e. The van der Waals surface area contributed by atoms with Gasteiger partial charge in [0, 0.05) is 17.4 Å². The first kappa shape index (κ1) is 16.7. The minimum absolute atomic E-state index is 0.223. The molecule has 2 heterocycles. The Hall–Kier alpha value is -3.72. The number of para-hydroxylation sites is 1. The van der Waals surface area contributed by atoms with Crippen molar-refractivity contribution in [2.24, 2.45) is 0 Å². The van der Waals surface area contributed by atoms with E-state index in [9.17, 15) is 4.79 Å². The van der Waals surface area contributed by atoms with E-state index in [1.54, 1.807) is 30.5 Å². The molecule has 132 valence electrons. The lowest BCUT2D eigenvalue weighted by Gasteiger charge is -2.23. The van der Waals surface area contributed by atoms with Crippen molar-refractivity contribution in [2.75, 3.05) is 10.2 Å². The maximum Gasteiger partial charge on any atom is 0.275 e. The van der Waals surface area contributed by atoms with Gasteiger partial charge in [0.15, 0.2) is 5.82 Å². The van der Waals surface area contributed by atoms with Crippen molar-refractivity contribution in [1.82, 2.24) is 9.97 Å². The SMILES string of the molecule is CC1Cc2ccccc2N1c1cnc(C(=O)Nc2cccc(C#N)c2)cn1. The molecule has 1 N–H and O–H groups in total. The summed E-state index contributed by atoms with van der Waals surface area (Å²) in [5.74, 6) is 0.356. The molecule has 1 aromatic heterocycles. The predicted molar refractivity (Wildman–Crippen MR) is 103 cm³/mol. The molecule has 0 fully saturated rings. The van der Waals surface area contributed by atoms with Gasteiger partial charge in [0.05, 0.1) is 24.0 Å². The second kappa shape index (κ2) is 6.89. The first-order valence-electron chi connectivity index (χ1n) is 8.66. The summed E-state index contributed by atoms with van der Waals surface area (Å²) in [6.45, 7) is 2.14. The molecule has 2 aromatic carbocycles. The van der Waals surface area contributed by atoms with Crippen LogP contribution in [-0.4, -0.2) is 21.9 Å².